The van der Waals surface area contributed by atoms with Crippen LogP contribution in [0.1, 0.15) is 35.8 Å². The lowest BCUT2D eigenvalue weighted by atomic mass is 9.96. The highest BCUT2D eigenvalue weighted by molar-refractivity contribution is 7.16. The van der Waals surface area contributed by atoms with E-state index >= 15 is 0 Å². The molecule has 1 aromatic heterocycles. The van der Waals surface area contributed by atoms with E-state index in [9.17, 15) is 10.1 Å². The minimum Gasteiger partial charge on any atom is -0.482 e. The first kappa shape index (κ1) is 16.0. The van der Waals surface area contributed by atoms with Gasteiger partial charge in [-0.25, -0.2) is 0 Å². The molecule has 6 heteroatoms. The van der Waals surface area contributed by atoms with Crippen LogP contribution in [0.25, 0.3) is 0 Å². The number of fused-ring (bicyclic) bond motifs is 2. The number of hydrogen-bond donors (Lipinski definition) is 1. The van der Waals surface area contributed by atoms with Crippen LogP contribution in [0.15, 0.2) is 24.3 Å². The van der Waals surface area contributed by atoms with Crippen LogP contribution in [0, 0.1) is 11.3 Å². The highest BCUT2D eigenvalue weighted by Gasteiger charge is 2.35. The molecule has 0 bridgehead atoms. The van der Waals surface area contributed by atoms with Crippen LogP contribution >= 0.6 is 11.3 Å². The van der Waals surface area contributed by atoms with Gasteiger partial charge in [-0.1, -0.05) is 12.1 Å². The number of anilines is 1. The summed E-state index contributed by atoms with van der Waals surface area (Å²) in [5.41, 5.74) is 1.71. The van der Waals surface area contributed by atoms with E-state index in [4.69, 9.17) is 9.47 Å². The molecule has 5 nitrogen and oxygen atoms in total. The Hall–Kier alpha value is -2.52. The van der Waals surface area contributed by atoms with Crippen LogP contribution in [0.3, 0.4) is 0 Å². The summed E-state index contributed by atoms with van der Waals surface area (Å²) in [6, 6.07) is 9.57. The molecule has 1 amide bonds. The van der Waals surface area contributed by atoms with Gasteiger partial charge >= 0.3 is 0 Å². The van der Waals surface area contributed by atoms with Crippen LogP contribution in [0.2, 0.25) is 0 Å². The molecule has 2 aliphatic rings. The number of carbonyl (C=O) groups excluding carboxylic acids is 1. The van der Waals surface area contributed by atoms with Crippen molar-refractivity contribution >= 4 is 22.2 Å². The quantitative estimate of drug-likeness (QED) is 0.893. The summed E-state index contributed by atoms with van der Waals surface area (Å²) in [6.45, 7) is 1.81. The molecule has 2 aromatic rings. The molecule has 128 valence electrons. The second kappa shape index (κ2) is 6.41. The Labute approximate surface area is 150 Å². The van der Waals surface area contributed by atoms with Crippen molar-refractivity contribution in [2.45, 2.75) is 44.8 Å². The van der Waals surface area contributed by atoms with E-state index in [1.807, 2.05) is 25.1 Å². The number of aryl methyl sites for hydroxylation is 1. The molecule has 0 radical (unpaired) electrons. The van der Waals surface area contributed by atoms with Crippen molar-refractivity contribution in [1.82, 2.24) is 0 Å². The third kappa shape index (κ3) is 2.85. The Bertz CT molecular complexity index is 868. The summed E-state index contributed by atoms with van der Waals surface area (Å²) < 4.78 is 11.6. The molecule has 25 heavy (non-hydrogen) atoms. The predicted molar refractivity (Wildman–Crippen MR) is 95.3 cm³/mol. The number of benzene rings is 1. The van der Waals surface area contributed by atoms with E-state index in [2.05, 4.69) is 11.4 Å². The lowest BCUT2D eigenvalue weighted by molar-refractivity contribution is -0.127. The van der Waals surface area contributed by atoms with E-state index in [-0.39, 0.29) is 5.91 Å². The number of nitriles is 1. The Balaban J connectivity index is 1.57. The van der Waals surface area contributed by atoms with Crippen LogP contribution in [-0.2, 0) is 17.6 Å². The van der Waals surface area contributed by atoms with E-state index in [0.29, 0.717) is 22.1 Å². The number of amides is 1. The topological polar surface area (TPSA) is 71.3 Å². The molecule has 4 rings (SSSR count). The number of nitrogens with one attached hydrogen (secondary N) is 1. The minimum atomic E-state index is -0.749. The first-order valence-electron chi connectivity index (χ1n) is 8.45. The van der Waals surface area contributed by atoms with E-state index < -0.39 is 12.2 Å². The number of nitrogens with zero attached hydrogens (tertiary/aromatic N) is 1. The minimum absolute atomic E-state index is 0.280. The Morgan fingerprint density at radius 3 is 2.72 bits per heavy atom. The second-order valence-electron chi connectivity index (χ2n) is 6.32. The molecular formula is C19H18N2O3S. The fraction of sp³-hybridized carbons (Fsp3) is 0.368. The molecule has 1 aliphatic carbocycles. The molecule has 1 aliphatic heterocycles. The number of para-hydroxylation sites is 2. The fourth-order valence-corrected chi connectivity index (χ4v) is 4.60. The van der Waals surface area contributed by atoms with Gasteiger partial charge in [-0.3, -0.25) is 4.79 Å². The maximum atomic E-state index is 12.7. The second-order valence-corrected chi connectivity index (χ2v) is 7.43. The maximum Gasteiger partial charge on any atom is 0.270 e. The number of rotatable bonds is 2. The zero-order valence-corrected chi connectivity index (χ0v) is 14.7. The number of hydrogen-bond acceptors (Lipinski definition) is 5. The van der Waals surface area contributed by atoms with Crippen molar-refractivity contribution in [1.29, 1.82) is 5.26 Å². The van der Waals surface area contributed by atoms with Crippen molar-refractivity contribution in [2.24, 2.45) is 0 Å². The standard InChI is InChI=1S/C19H18N2O3S/c1-11-17(24-15-8-4-3-7-14(15)23-11)18(22)21-19-13(10-20)12-6-2-5-9-16(12)25-19/h3-4,7-8,11,17H,2,5-6,9H2,1H3,(H,21,22)/t11-,17+/m0/s1. The van der Waals surface area contributed by atoms with E-state index in [0.717, 1.165) is 31.2 Å². The van der Waals surface area contributed by atoms with Gasteiger partial charge < -0.3 is 14.8 Å². The molecule has 0 saturated heterocycles. The van der Waals surface area contributed by atoms with Crippen LogP contribution in [0.5, 0.6) is 11.5 Å². The van der Waals surface area contributed by atoms with Gasteiger partial charge in [-0.2, -0.15) is 5.26 Å². The average Bonchev–Trinajstić information content (AvgIpc) is 2.97. The van der Waals surface area contributed by atoms with Crippen molar-refractivity contribution < 1.29 is 14.3 Å². The summed E-state index contributed by atoms with van der Waals surface area (Å²) in [5.74, 6) is 0.923. The van der Waals surface area contributed by atoms with E-state index in [1.54, 1.807) is 6.07 Å². The summed E-state index contributed by atoms with van der Waals surface area (Å²) in [5, 5.41) is 13.1. The molecule has 0 unspecified atom stereocenters. The Morgan fingerprint density at radius 1 is 1.24 bits per heavy atom. The van der Waals surface area contributed by atoms with Gasteiger partial charge in [0.05, 0.1) is 5.56 Å². The van der Waals surface area contributed by atoms with Crippen molar-refractivity contribution in [3.63, 3.8) is 0 Å². The summed E-state index contributed by atoms with van der Waals surface area (Å²) in [7, 11) is 0. The molecular weight excluding hydrogens is 336 g/mol. The van der Waals surface area contributed by atoms with Gasteiger partial charge in [0.15, 0.2) is 11.5 Å². The summed E-state index contributed by atoms with van der Waals surface area (Å²) >= 11 is 1.51. The third-order valence-electron chi connectivity index (χ3n) is 4.62. The molecule has 2 heterocycles. The normalized spacial score (nSPS) is 21.1. The Kier molecular flexibility index (Phi) is 4.10. The van der Waals surface area contributed by atoms with E-state index in [1.165, 1.54) is 16.2 Å². The fourth-order valence-electron chi connectivity index (χ4n) is 3.36. The van der Waals surface area contributed by atoms with Crippen LogP contribution < -0.4 is 14.8 Å². The maximum absolute atomic E-state index is 12.7. The zero-order chi connectivity index (χ0) is 17.4. The predicted octanol–water partition coefficient (Wildman–Crippen LogP) is 3.67. The highest BCUT2D eigenvalue weighted by atomic mass is 32.1. The van der Waals surface area contributed by atoms with Gasteiger partial charge in [0, 0.05) is 4.88 Å². The van der Waals surface area contributed by atoms with Gasteiger partial charge in [0.1, 0.15) is 17.2 Å². The molecule has 0 spiro atoms. The summed E-state index contributed by atoms with van der Waals surface area (Å²) in [4.78, 5) is 14.0. The van der Waals surface area contributed by atoms with Crippen molar-refractivity contribution in [3.05, 3.63) is 40.3 Å². The molecule has 0 saturated carbocycles. The summed E-state index contributed by atoms with van der Waals surface area (Å²) in [6.07, 6.45) is 2.98. The van der Waals surface area contributed by atoms with Gasteiger partial charge in [-0.15, -0.1) is 11.3 Å². The smallest absolute Gasteiger partial charge is 0.270 e. The van der Waals surface area contributed by atoms with Crippen LogP contribution in [-0.4, -0.2) is 18.1 Å². The monoisotopic (exact) mass is 354 g/mol. The molecule has 1 aromatic carbocycles. The lowest BCUT2D eigenvalue weighted by Crippen LogP contribution is -2.46. The third-order valence-corrected chi connectivity index (χ3v) is 5.83. The highest BCUT2D eigenvalue weighted by Crippen LogP contribution is 2.38. The molecule has 2 atom stereocenters. The Morgan fingerprint density at radius 2 is 1.96 bits per heavy atom. The van der Waals surface area contributed by atoms with Crippen molar-refractivity contribution in [3.8, 4) is 17.6 Å². The largest absolute Gasteiger partial charge is 0.482 e. The van der Waals surface area contributed by atoms with Crippen molar-refractivity contribution in [2.75, 3.05) is 5.32 Å². The van der Waals surface area contributed by atoms with Gasteiger partial charge in [-0.05, 0) is 50.3 Å². The number of carbonyl (C=O) groups is 1. The number of thiophene rings is 1. The number of ether oxygens (including phenoxy) is 2. The molecule has 1 N–H and O–H groups in total. The zero-order valence-electron chi connectivity index (χ0n) is 13.9. The molecule has 0 fully saturated rings. The SMILES string of the molecule is C[C@@H]1Oc2ccccc2O[C@H]1C(=O)Nc1sc2c(c1C#N)CCCC2. The average molecular weight is 354 g/mol. The van der Waals surface area contributed by atoms with Gasteiger partial charge in [0.2, 0.25) is 6.10 Å². The first-order valence-corrected chi connectivity index (χ1v) is 9.27. The van der Waals surface area contributed by atoms with Crippen LogP contribution in [0.4, 0.5) is 5.00 Å². The van der Waals surface area contributed by atoms with Gasteiger partial charge in [0.25, 0.3) is 5.91 Å². The lowest BCUT2D eigenvalue weighted by Gasteiger charge is -2.30. The first-order chi connectivity index (χ1) is 12.2.